The molecule has 2 amide bonds. The maximum absolute atomic E-state index is 12.9. The summed E-state index contributed by atoms with van der Waals surface area (Å²) in [6, 6.07) is 8.73. The van der Waals surface area contributed by atoms with Crippen LogP contribution in [0.15, 0.2) is 30.3 Å². The van der Waals surface area contributed by atoms with Crippen molar-refractivity contribution >= 4 is 12.0 Å². The maximum atomic E-state index is 12.9. The zero-order valence-electron chi connectivity index (χ0n) is 18.6. The Bertz CT molecular complexity index is 693. The molecule has 1 saturated carbocycles. The lowest BCUT2D eigenvalue weighted by molar-refractivity contribution is -0.137. The van der Waals surface area contributed by atoms with E-state index in [1.807, 2.05) is 37.3 Å². The molecule has 31 heavy (non-hydrogen) atoms. The number of hydrogen-bond acceptors (Lipinski definition) is 5. The number of benzene rings is 1. The Kier molecular flexibility index (Phi) is 9.15. The van der Waals surface area contributed by atoms with E-state index in [0.29, 0.717) is 25.6 Å². The molecule has 1 aromatic carbocycles. The van der Waals surface area contributed by atoms with Crippen LogP contribution in [0.5, 0.6) is 0 Å². The third-order valence-electron chi connectivity index (χ3n) is 6.38. The van der Waals surface area contributed by atoms with Gasteiger partial charge in [-0.25, -0.2) is 4.79 Å². The van der Waals surface area contributed by atoms with Crippen molar-refractivity contribution in [1.29, 1.82) is 0 Å². The Morgan fingerprint density at radius 3 is 2.61 bits per heavy atom. The Morgan fingerprint density at radius 2 is 1.87 bits per heavy atom. The lowest BCUT2D eigenvalue weighted by Crippen LogP contribution is -2.56. The molecule has 0 aromatic heterocycles. The summed E-state index contributed by atoms with van der Waals surface area (Å²) < 4.78 is 11.3. The van der Waals surface area contributed by atoms with Crippen molar-refractivity contribution in [2.24, 2.45) is 11.7 Å². The van der Waals surface area contributed by atoms with Gasteiger partial charge in [0.1, 0.15) is 12.6 Å². The molecule has 1 heterocycles. The van der Waals surface area contributed by atoms with Gasteiger partial charge >= 0.3 is 6.09 Å². The first kappa shape index (κ1) is 23.5. The fourth-order valence-electron chi connectivity index (χ4n) is 4.38. The SMILES string of the molecule is C[C@@H](OCC1CCCCC1)[C@H](N)C(=O)N1CCC[C@H](NC(=O)OCc2ccccc2)C1. The van der Waals surface area contributed by atoms with Crippen LogP contribution in [-0.2, 0) is 20.9 Å². The summed E-state index contributed by atoms with van der Waals surface area (Å²) in [5.41, 5.74) is 7.17. The Morgan fingerprint density at radius 1 is 1.13 bits per heavy atom. The van der Waals surface area contributed by atoms with E-state index >= 15 is 0 Å². The predicted molar refractivity (Wildman–Crippen MR) is 119 cm³/mol. The van der Waals surface area contributed by atoms with E-state index in [1.54, 1.807) is 4.90 Å². The van der Waals surface area contributed by atoms with Crippen molar-refractivity contribution < 1.29 is 19.1 Å². The zero-order chi connectivity index (χ0) is 22.1. The first-order chi connectivity index (χ1) is 15.0. The number of nitrogens with one attached hydrogen (secondary N) is 1. The molecule has 2 fully saturated rings. The van der Waals surface area contributed by atoms with E-state index in [-0.39, 0.29) is 24.7 Å². The number of ether oxygens (including phenoxy) is 2. The van der Waals surface area contributed by atoms with E-state index in [0.717, 1.165) is 18.4 Å². The van der Waals surface area contributed by atoms with Crippen molar-refractivity contribution in [3.8, 4) is 0 Å². The van der Waals surface area contributed by atoms with Crippen LogP contribution in [0, 0.1) is 5.92 Å². The first-order valence-electron chi connectivity index (χ1n) is 11.7. The average Bonchev–Trinajstić information content (AvgIpc) is 2.81. The van der Waals surface area contributed by atoms with Crippen molar-refractivity contribution in [2.45, 2.75) is 76.7 Å². The first-order valence-corrected chi connectivity index (χ1v) is 11.7. The Hall–Kier alpha value is -2.12. The molecule has 1 aliphatic carbocycles. The highest BCUT2D eigenvalue weighted by molar-refractivity contribution is 5.82. The molecule has 1 aromatic rings. The summed E-state index contributed by atoms with van der Waals surface area (Å²) in [4.78, 5) is 26.8. The number of amides is 2. The summed E-state index contributed by atoms with van der Waals surface area (Å²) in [7, 11) is 0. The molecule has 0 radical (unpaired) electrons. The molecular weight excluding hydrogens is 394 g/mol. The molecule has 0 unspecified atom stereocenters. The lowest BCUT2D eigenvalue weighted by atomic mass is 9.90. The van der Waals surface area contributed by atoms with Crippen LogP contribution in [0.2, 0.25) is 0 Å². The molecule has 3 atom stereocenters. The second-order valence-electron chi connectivity index (χ2n) is 8.90. The number of rotatable bonds is 8. The summed E-state index contributed by atoms with van der Waals surface area (Å²) in [6.45, 7) is 3.88. The van der Waals surface area contributed by atoms with Gasteiger partial charge in [0.2, 0.25) is 5.91 Å². The van der Waals surface area contributed by atoms with Crippen LogP contribution in [0.4, 0.5) is 4.79 Å². The van der Waals surface area contributed by atoms with E-state index in [4.69, 9.17) is 15.2 Å². The number of nitrogens with zero attached hydrogens (tertiary/aromatic N) is 1. The number of hydrogen-bond donors (Lipinski definition) is 2. The van der Waals surface area contributed by atoms with Gasteiger partial charge in [-0.15, -0.1) is 0 Å². The van der Waals surface area contributed by atoms with Crippen molar-refractivity contribution in [1.82, 2.24) is 10.2 Å². The molecule has 1 saturated heterocycles. The van der Waals surface area contributed by atoms with Gasteiger partial charge in [0.15, 0.2) is 0 Å². The molecule has 2 aliphatic rings. The number of carbonyl (C=O) groups excluding carboxylic acids is 2. The summed E-state index contributed by atoms with van der Waals surface area (Å²) in [6.07, 6.45) is 7.11. The quantitative estimate of drug-likeness (QED) is 0.659. The molecule has 172 valence electrons. The highest BCUT2D eigenvalue weighted by Gasteiger charge is 2.31. The summed E-state index contributed by atoms with van der Waals surface area (Å²) in [5.74, 6) is 0.476. The highest BCUT2D eigenvalue weighted by Crippen LogP contribution is 2.24. The van der Waals surface area contributed by atoms with Crippen LogP contribution in [0.25, 0.3) is 0 Å². The normalized spacial score (nSPS) is 21.9. The van der Waals surface area contributed by atoms with Gasteiger partial charge in [-0.05, 0) is 44.1 Å². The summed E-state index contributed by atoms with van der Waals surface area (Å²) >= 11 is 0. The molecular formula is C24H37N3O4. The topological polar surface area (TPSA) is 93.9 Å². The number of piperidine rings is 1. The van der Waals surface area contributed by atoms with E-state index < -0.39 is 12.1 Å². The van der Waals surface area contributed by atoms with E-state index in [2.05, 4.69) is 5.32 Å². The van der Waals surface area contributed by atoms with Gasteiger partial charge < -0.3 is 25.4 Å². The minimum atomic E-state index is -0.688. The van der Waals surface area contributed by atoms with Crippen LogP contribution >= 0.6 is 0 Å². The minimum absolute atomic E-state index is 0.111. The van der Waals surface area contributed by atoms with Gasteiger partial charge in [0.25, 0.3) is 0 Å². The summed E-state index contributed by atoms with van der Waals surface area (Å²) in [5, 5.41) is 2.88. The second-order valence-corrected chi connectivity index (χ2v) is 8.90. The van der Waals surface area contributed by atoms with Gasteiger partial charge in [0, 0.05) is 25.7 Å². The average molecular weight is 432 g/mol. The maximum Gasteiger partial charge on any atom is 0.407 e. The van der Waals surface area contributed by atoms with Crippen molar-refractivity contribution in [3.63, 3.8) is 0 Å². The molecule has 3 rings (SSSR count). The largest absolute Gasteiger partial charge is 0.445 e. The Balaban J connectivity index is 1.40. The molecule has 0 bridgehead atoms. The highest BCUT2D eigenvalue weighted by atomic mass is 16.5. The molecule has 1 aliphatic heterocycles. The van der Waals surface area contributed by atoms with Gasteiger partial charge in [-0.3, -0.25) is 4.79 Å². The van der Waals surface area contributed by atoms with Crippen LogP contribution in [0.1, 0.15) is 57.4 Å². The third kappa shape index (κ3) is 7.51. The van der Waals surface area contributed by atoms with E-state index in [9.17, 15) is 9.59 Å². The molecule has 0 spiro atoms. The molecule has 7 nitrogen and oxygen atoms in total. The fourth-order valence-corrected chi connectivity index (χ4v) is 4.38. The van der Waals surface area contributed by atoms with Crippen molar-refractivity contribution in [2.75, 3.05) is 19.7 Å². The Labute approximate surface area is 185 Å². The minimum Gasteiger partial charge on any atom is -0.445 e. The predicted octanol–water partition coefficient (Wildman–Crippen LogP) is 3.22. The van der Waals surface area contributed by atoms with Crippen LogP contribution in [0.3, 0.4) is 0 Å². The molecule has 7 heteroatoms. The van der Waals surface area contributed by atoms with Gasteiger partial charge in [0.05, 0.1) is 6.10 Å². The lowest BCUT2D eigenvalue weighted by Gasteiger charge is -2.35. The van der Waals surface area contributed by atoms with E-state index in [1.165, 1.54) is 32.1 Å². The molecule has 3 N–H and O–H groups in total. The number of carbonyl (C=O) groups is 2. The smallest absolute Gasteiger partial charge is 0.407 e. The number of likely N-dealkylation sites (tertiary alicyclic amines) is 1. The zero-order valence-corrected chi connectivity index (χ0v) is 18.6. The number of nitrogens with two attached hydrogens (primary N) is 1. The third-order valence-corrected chi connectivity index (χ3v) is 6.38. The van der Waals surface area contributed by atoms with Crippen LogP contribution < -0.4 is 11.1 Å². The van der Waals surface area contributed by atoms with Crippen LogP contribution in [-0.4, -0.2) is 54.8 Å². The van der Waals surface area contributed by atoms with Gasteiger partial charge in [-0.1, -0.05) is 49.6 Å². The van der Waals surface area contributed by atoms with Gasteiger partial charge in [-0.2, -0.15) is 0 Å². The number of alkyl carbamates (subject to hydrolysis) is 1. The monoisotopic (exact) mass is 431 g/mol. The second kappa shape index (κ2) is 12.1. The standard InChI is InChI=1S/C24H37N3O4/c1-18(30-16-19-9-4-2-5-10-19)22(25)23(28)27-14-8-13-21(15-27)26-24(29)31-17-20-11-6-3-7-12-20/h3,6-7,11-12,18-19,21-22H,2,4-5,8-10,13-17,25H2,1H3,(H,26,29)/t18-,21+,22+/m1/s1. The fraction of sp³-hybridized carbons (Fsp3) is 0.667. The van der Waals surface area contributed by atoms with Crippen molar-refractivity contribution in [3.05, 3.63) is 35.9 Å².